The van der Waals surface area contributed by atoms with Crippen molar-refractivity contribution in [2.45, 2.75) is 51.2 Å². The molecule has 0 unspecified atom stereocenters. The second-order valence-electron chi connectivity index (χ2n) is 10.1. The van der Waals surface area contributed by atoms with Crippen LogP contribution >= 0.6 is 23.2 Å². The van der Waals surface area contributed by atoms with E-state index in [1.54, 1.807) is 19.2 Å². The summed E-state index contributed by atoms with van der Waals surface area (Å²) >= 11 is 12.4. The first-order valence-corrected chi connectivity index (χ1v) is 13.1. The zero-order valence-electron chi connectivity index (χ0n) is 20.9. The molecule has 2 aromatic carbocycles. The molecule has 2 aliphatic rings. The van der Waals surface area contributed by atoms with Crippen molar-refractivity contribution in [2.75, 3.05) is 24.1 Å². The molecule has 194 valence electrons. The molecular weight excluding hydrogens is 514 g/mol. The van der Waals surface area contributed by atoms with Crippen LogP contribution in [0, 0.1) is 5.82 Å². The van der Waals surface area contributed by atoms with Crippen LogP contribution in [0.2, 0.25) is 10.0 Å². The fourth-order valence-corrected chi connectivity index (χ4v) is 6.08. The Morgan fingerprint density at radius 3 is 2.54 bits per heavy atom. The highest BCUT2D eigenvalue weighted by atomic mass is 35.5. The van der Waals surface area contributed by atoms with Gasteiger partial charge < -0.3 is 20.7 Å². The van der Waals surface area contributed by atoms with E-state index in [9.17, 15) is 9.18 Å². The average Bonchev–Trinajstić information content (AvgIpc) is 3.13. The average molecular weight is 543 g/mol. The van der Waals surface area contributed by atoms with E-state index in [0.717, 1.165) is 48.3 Å². The SMILES string of the molecule is CC(C)N1CCC2(CC1)C(=O)Nc1cc(-c3cnc(N)c(O[C@H](C)c4c(Cl)ccc(F)c4Cl)c3)ccc12. The maximum atomic E-state index is 14.0. The maximum absolute atomic E-state index is 14.0. The van der Waals surface area contributed by atoms with E-state index in [-0.39, 0.29) is 16.7 Å². The lowest BCUT2D eigenvalue weighted by atomic mass is 9.73. The summed E-state index contributed by atoms with van der Waals surface area (Å²) in [6.07, 6.45) is 2.58. The van der Waals surface area contributed by atoms with Gasteiger partial charge in [0.05, 0.1) is 10.4 Å². The van der Waals surface area contributed by atoms with Crippen LogP contribution in [0.4, 0.5) is 15.9 Å². The van der Waals surface area contributed by atoms with Gasteiger partial charge in [0.2, 0.25) is 5.91 Å². The number of nitrogens with zero attached hydrogens (tertiary/aromatic N) is 2. The first-order valence-electron chi connectivity index (χ1n) is 12.4. The standard InChI is InChI=1S/C28H29Cl2FN4O2/c1-15(2)35-10-8-28(9-11-35)19-5-4-17(12-22(19)34-27(28)36)18-13-23(26(32)33-14-18)37-16(3)24-20(29)6-7-21(31)25(24)30/h4-7,12-16H,8-11H2,1-3H3,(H2,32,33)(H,34,36)/t16-/m1/s1. The van der Waals surface area contributed by atoms with Gasteiger partial charge in [0.25, 0.3) is 0 Å². The molecule has 2 aliphatic heterocycles. The Hall–Kier alpha value is -2.87. The number of likely N-dealkylation sites (tertiary alicyclic amines) is 1. The van der Waals surface area contributed by atoms with Gasteiger partial charge in [-0.3, -0.25) is 4.79 Å². The number of nitrogens with one attached hydrogen (secondary N) is 1. The molecule has 0 saturated carbocycles. The predicted octanol–water partition coefficient (Wildman–Crippen LogP) is 6.61. The molecular formula is C28H29Cl2FN4O2. The topological polar surface area (TPSA) is 80.5 Å². The summed E-state index contributed by atoms with van der Waals surface area (Å²) < 4.78 is 20.1. The van der Waals surface area contributed by atoms with Gasteiger partial charge in [-0.15, -0.1) is 0 Å². The van der Waals surface area contributed by atoms with Crippen molar-refractivity contribution in [3.63, 3.8) is 0 Å². The van der Waals surface area contributed by atoms with Gasteiger partial charge in [0, 0.05) is 34.1 Å². The summed E-state index contributed by atoms with van der Waals surface area (Å²) in [5, 5.41) is 3.31. The number of fused-ring (bicyclic) bond motifs is 2. The Bertz CT molecular complexity index is 1370. The summed E-state index contributed by atoms with van der Waals surface area (Å²) in [6, 6.07) is 10.9. The minimum atomic E-state index is -0.675. The minimum absolute atomic E-state index is 0.0696. The number of anilines is 2. The van der Waals surface area contributed by atoms with Crippen molar-refractivity contribution >= 4 is 40.6 Å². The number of pyridine rings is 1. The first kappa shape index (κ1) is 25.8. The number of benzene rings is 2. The Labute approximate surface area is 225 Å². The largest absolute Gasteiger partial charge is 0.482 e. The van der Waals surface area contributed by atoms with Gasteiger partial charge in [-0.2, -0.15) is 0 Å². The van der Waals surface area contributed by atoms with E-state index in [4.69, 9.17) is 33.7 Å². The van der Waals surface area contributed by atoms with Gasteiger partial charge in [-0.25, -0.2) is 9.37 Å². The highest BCUT2D eigenvalue weighted by Crippen LogP contribution is 2.46. The van der Waals surface area contributed by atoms with E-state index in [0.29, 0.717) is 22.4 Å². The van der Waals surface area contributed by atoms with Crippen LogP contribution in [0.3, 0.4) is 0 Å². The Kier molecular flexibility index (Phi) is 6.81. The van der Waals surface area contributed by atoms with E-state index in [1.807, 2.05) is 18.2 Å². The van der Waals surface area contributed by atoms with Crippen LogP contribution in [0.5, 0.6) is 5.75 Å². The normalized spacial score (nSPS) is 17.6. The van der Waals surface area contributed by atoms with Crippen molar-refractivity contribution in [3.05, 3.63) is 69.6 Å². The van der Waals surface area contributed by atoms with Gasteiger partial charge in [0.15, 0.2) is 11.6 Å². The monoisotopic (exact) mass is 542 g/mol. The number of amides is 1. The summed E-state index contributed by atoms with van der Waals surface area (Å²) in [5.41, 5.74) is 9.45. The Balaban J connectivity index is 1.42. The molecule has 1 fully saturated rings. The fraction of sp³-hybridized carbons (Fsp3) is 0.357. The van der Waals surface area contributed by atoms with Crippen molar-refractivity contribution in [1.29, 1.82) is 0 Å². The number of hydrogen-bond donors (Lipinski definition) is 2. The molecule has 1 spiro atoms. The molecule has 1 amide bonds. The lowest BCUT2D eigenvalue weighted by Crippen LogP contribution is -2.48. The minimum Gasteiger partial charge on any atom is -0.482 e. The molecule has 37 heavy (non-hydrogen) atoms. The van der Waals surface area contributed by atoms with E-state index < -0.39 is 17.3 Å². The second kappa shape index (κ2) is 9.78. The molecule has 6 nitrogen and oxygen atoms in total. The smallest absolute Gasteiger partial charge is 0.235 e. The van der Waals surface area contributed by atoms with Gasteiger partial charge in [-0.05, 0) is 82.1 Å². The fourth-order valence-electron chi connectivity index (χ4n) is 5.40. The van der Waals surface area contributed by atoms with Crippen molar-refractivity contribution in [3.8, 4) is 16.9 Å². The molecule has 5 rings (SSSR count). The molecule has 3 heterocycles. The number of piperidine rings is 1. The molecule has 0 aliphatic carbocycles. The Morgan fingerprint density at radius 1 is 1.11 bits per heavy atom. The van der Waals surface area contributed by atoms with Crippen molar-refractivity contribution < 1.29 is 13.9 Å². The van der Waals surface area contributed by atoms with Crippen molar-refractivity contribution in [1.82, 2.24) is 9.88 Å². The molecule has 0 bridgehead atoms. The first-order chi connectivity index (χ1) is 17.6. The van der Waals surface area contributed by atoms with Crippen LogP contribution in [-0.2, 0) is 10.2 Å². The number of nitrogens with two attached hydrogens (primary N) is 1. The lowest BCUT2D eigenvalue weighted by molar-refractivity contribution is -0.122. The van der Waals surface area contributed by atoms with Crippen LogP contribution < -0.4 is 15.8 Å². The number of rotatable bonds is 5. The third-order valence-corrected chi connectivity index (χ3v) is 8.32. The quantitative estimate of drug-likeness (QED) is 0.354. The number of halogens is 3. The Morgan fingerprint density at radius 2 is 1.84 bits per heavy atom. The van der Waals surface area contributed by atoms with Crippen LogP contribution in [0.15, 0.2) is 42.6 Å². The van der Waals surface area contributed by atoms with Gasteiger partial charge in [-0.1, -0.05) is 35.3 Å². The summed E-state index contributed by atoms with van der Waals surface area (Å²) in [7, 11) is 0. The van der Waals surface area contributed by atoms with E-state index >= 15 is 0 Å². The zero-order chi connectivity index (χ0) is 26.5. The van der Waals surface area contributed by atoms with Crippen LogP contribution in [-0.4, -0.2) is 34.9 Å². The van der Waals surface area contributed by atoms with E-state index in [2.05, 4.69) is 29.0 Å². The zero-order valence-corrected chi connectivity index (χ0v) is 22.5. The number of carbonyl (C=O) groups is 1. The number of hydrogen-bond acceptors (Lipinski definition) is 5. The molecule has 1 atom stereocenters. The molecule has 1 aromatic heterocycles. The van der Waals surface area contributed by atoms with E-state index in [1.165, 1.54) is 12.1 Å². The summed E-state index contributed by atoms with van der Waals surface area (Å²) in [6.45, 7) is 7.88. The summed E-state index contributed by atoms with van der Waals surface area (Å²) in [4.78, 5) is 19.9. The third kappa shape index (κ3) is 4.54. The summed E-state index contributed by atoms with van der Waals surface area (Å²) in [5.74, 6) is -0.00239. The number of carbonyl (C=O) groups excluding carboxylic acids is 1. The van der Waals surface area contributed by atoms with Crippen molar-refractivity contribution in [2.24, 2.45) is 0 Å². The molecule has 0 radical (unpaired) electrons. The molecule has 1 saturated heterocycles. The van der Waals surface area contributed by atoms with Gasteiger partial charge in [0.1, 0.15) is 11.9 Å². The molecule has 3 aromatic rings. The molecule has 3 N–H and O–H groups in total. The highest BCUT2D eigenvalue weighted by molar-refractivity contribution is 6.36. The highest BCUT2D eigenvalue weighted by Gasteiger charge is 2.48. The second-order valence-corrected chi connectivity index (χ2v) is 10.8. The molecule has 9 heteroatoms. The number of aromatic nitrogens is 1. The third-order valence-electron chi connectivity index (χ3n) is 7.60. The maximum Gasteiger partial charge on any atom is 0.235 e. The lowest BCUT2D eigenvalue weighted by Gasteiger charge is -2.39. The predicted molar refractivity (Wildman–Crippen MR) is 146 cm³/mol. The number of nitrogen functional groups attached to an aromatic ring is 1. The van der Waals surface area contributed by atoms with Crippen LogP contribution in [0.25, 0.3) is 11.1 Å². The van der Waals surface area contributed by atoms with Crippen LogP contribution in [0.1, 0.15) is 50.8 Å². The number of ether oxygens (including phenoxy) is 1. The van der Waals surface area contributed by atoms with Gasteiger partial charge >= 0.3 is 0 Å².